The molecule has 0 aromatic carbocycles. The highest BCUT2D eigenvalue weighted by Gasteiger charge is 2.39. The lowest BCUT2D eigenvalue weighted by Crippen LogP contribution is -2.43. The molecule has 2 bridgehead atoms. The summed E-state index contributed by atoms with van der Waals surface area (Å²) >= 11 is 0. The number of nitrogens with zero attached hydrogens (tertiary/aromatic N) is 2. The van der Waals surface area contributed by atoms with Crippen LogP contribution in [0.2, 0.25) is 0 Å². The average molecular weight is 285 g/mol. The summed E-state index contributed by atoms with van der Waals surface area (Å²) in [6.45, 7) is 3.11. The first kappa shape index (κ1) is 12.5. The lowest BCUT2D eigenvalue weighted by Gasteiger charge is -2.22. The van der Waals surface area contributed by atoms with Crippen LogP contribution in [0.3, 0.4) is 0 Å². The van der Waals surface area contributed by atoms with Gasteiger partial charge in [-0.25, -0.2) is 4.98 Å². The monoisotopic (exact) mass is 285 g/mol. The predicted octanol–water partition coefficient (Wildman–Crippen LogP) is 1.07. The Hall–Kier alpha value is -2.21. The van der Waals surface area contributed by atoms with Gasteiger partial charge in [0.2, 0.25) is 0 Å². The topological polar surface area (TPSA) is 75.4 Å². The predicted molar refractivity (Wildman–Crippen MR) is 75.2 cm³/mol. The normalized spacial score (nSPS) is 27.1. The van der Waals surface area contributed by atoms with E-state index in [1.54, 1.807) is 6.07 Å². The molecule has 2 aliphatic rings. The quantitative estimate of drug-likeness (QED) is 0.854. The summed E-state index contributed by atoms with van der Waals surface area (Å²) in [6.07, 6.45) is 4.75. The minimum Gasteiger partial charge on any atom is -0.461 e. The third kappa shape index (κ3) is 1.94. The highest BCUT2D eigenvalue weighted by molar-refractivity contribution is 6.06. The van der Waals surface area contributed by atoms with Gasteiger partial charge in [0.25, 0.3) is 5.91 Å². The highest BCUT2D eigenvalue weighted by atomic mass is 16.3. The van der Waals surface area contributed by atoms with Gasteiger partial charge in [0.05, 0.1) is 5.56 Å². The van der Waals surface area contributed by atoms with E-state index in [-0.39, 0.29) is 17.6 Å². The molecule has 1 N–H and O–H groups in total. The van der Waals surface area contributed by atoms with Crippen LogP contribution in [0.25, 0.3) is 11.0 Å². The zero-order valence-electron chi connectivity index (χ0n) is 11.4. The maximum absolute atomic E-state index is 12.4. The summed E-state index contributed by atoms with van der Waals surface area (Å²) in [7, 11) is 0. The Morgan fingerprint density at radius 3 is 3.10 bits per heavy atom. The van der Waals surface area contributed by atoms with Crippen molar-refractivity contribution in [1.82, 2.24) is 15.2 Å². The lowest BCUT2D eigenvalue weighted by molar-refractivity contribution is 0.0920. The van der Waals surface area contributed by atoms with Gasteiger partial charge in [-0.15, -0.1) is 0 Å². The van der Waals surface area contributed by atoms with E-state index in [4.69, 9.17) is 4.42 Å². The van der Waals surface area contributed by atoms with E-state index in [1.807, 2.05) is 0 Å². The number of nitrogens with one attached hydrogen (secondary N) is 1. The smallest absolute Gasteiger partial charge is 0.274 e. The number of rotatable bonds is 3. The second-order valence-electron chi connectivity index (χ2n) is 5.73. The van der Waals surface area contributed by atoms with Gasteiger partial charge in [-0.2, -0.15) is 0 Å². The third-order valence-electron chi connectivity index (χ3n) is 4.51. The lowest BCUT2D eigenvalue weighted by atomic mass is 10.00. The molecule has 3 atom stereocenters. The molecule has 2 unspecified atom stereocenters. The van der Waals surface area contributed by atoms with Crippen molar-refractivity contribution in [3.8, 4) is 0 Å². The Bertz CT molecular complexity index is 724. The molecule has 6 nitrogen and oxygen atoms in total. The van der Waals surface area contributed by atoms with Crippen LogP contribution in [0.1, 0.15) is 27.3 Å². The molecule has 2 aromatic heterocycles. The van der Waals surface area contributed by atoms with Crippen LogP contribution in [0.5, 0.6) is 0 Å². The average Bonchev–Trinajstić information content (AvgIpc) is 3.21. The summed E-state index contributed by atoms with van der Waals surface area (Å²) < 4.78 is 5.35. The Morgan fingerprint density at radius 2 is 2.38 bits per heavy atom. The zero-order valence-corrected chi connectivity index (χ0v) is 11.4. The number of amides is 1. The molecule has 4 heterocycles. The third-order valence-corrected chi connectivity index (χ3v) is 4.51. The molecule has 0 spiro atoms. The molecule has 6 heteroatoms. The Kier molecular flexibility index (Phi) is 2.78. The Labute approximate surface area is 121 Å². The van der Waals surface area contributed by atoms with E-state index < -0.39 is 0 Å². The number of carbonyl (C=O) groups excluding carboxylic acids is 2. The molecule has 108 valence electrons. The number of aromatic nitrogens is 1. The molecule has 4 rings (SSSR count). The van der Waals surface area contributed by atoms with Crippen molar-refractivity contribution < 1.29 is 14.0 Å². The van der Waals surface area contributed by atoms with Crippen LogP contribution in [-0.4, -0.2) is 47.8 Å². The molecular formula is C15H15N3O3. The number of fused-ring (bicyclic) bond motifs is 3. The zero-order chi connectivity index (χ0) is 14.4. The fourth-order valence-electron chi connectivity index (χ4n) is 3.42. The van der Waals surface area contributed by atoms with Crippen LogP contribution in [0.4, 0.5) is 0 Å². The SMILES string of the molecule is O=Cc1coc2c(C(=O)NC3CN4CC[C@H]3C4)nccc12. The van der Waals surface area contributed by atoms with Crippen molar-refractivity contribution in [1.29, 1.82) is 0 Å². The van der Waals surface area contributed by atoms with Gasteiger partial charge in [0.1, 0.15) is 6.26 Å². The van der Waals surface area contributed by atoms with Crippen molar-refractivity contribution >= 4 is 23.2 Å². The summed E-state index contributed by atoms with van der Waals surface area (Å²) in [5.74, 6) is 0.307. The minimum atomic E-state index is -0.230. The van der Waals surface area contributed by atoms with Crippen LogP contribution >= 0.6 is 0 Å². The van der Waals surface area contributed by atoms with Gasteiger partial charge in [-0.05, 0) is 24.9 Å². The van der Waals surface area contributed by atoms with E-state index in [2.05, 4.69) is 15.2 Å². The van der Waals surface area contributed by atoms with Crippen molar-refractivity contribution in [2.24, 2.45) is 5.92 Å². The standard InChI is InChI=1S/C15H15N3O3/c19-7-10-8-21-14-11(10)1-3-16-13(14)15(20)17-12-6-18-4-2-9(12)5-18/h1,3,7-9,12H,2,4-6H2,(H,17,20)/t9-,12?/m0/s1. The van der Waals surface area contributed by atoms with E-state index in [0.717, 1.165) is 32.3 Å². The number of hydrogen-bond acceptors (Lipinski definition) is 5. The first-order valence-electron chi connectivity index (χ1n) is 7.11. The molecule has 2 aliphatic heterocycles. The van der Waals surface area contributed by atoms with Crippen LogP contribution in [0.15, 0.2) is 22.9 Å². The van der Waals surface area contributed by atoms with Crippen molar-refractivity contribution in [2.75, 3.05) is 19.6 Å². The van der Waals surface area contributed by atoms with E-state index in [1.165, 1.54) is 12.5 Å². The molecule has 0 radical (unpaired) electrons. The molecule has 2 fully saturated rings. The van der Waals surface area contributed by atoms with Gasteiger partial charge >= 0.3 is 0 Å². The number of pyridine rings is 1. The molecule has 0 aliphatic carbocycles. The summed E-state index contributed by atoms with van der Waals surface area (Å²) in [5.41, 5.74) is 1.06. The van der Waals surface area contributed by atoms with Crippen LogP contribution in [0, 0.1) is 5.92 Å². The second-order valence-corrected chi connectivity index (χ2v) is 5.73. The Morgan fingerprint density at radius 1 is 1.48 bits per heavy atom. The van der Waals surface area contributed by atoms with Gasteiger partial charge in [-0.1, -0.05) is 0 Å². The van der Waals surface area contributed by atoms with Crippen LogP contribution < -0.4 is 5.32 Å². The molecule has 1 amide bonds. The van der Waals surface area contributed by atoms with Crippen molar-refractivity contribution in [2.45, 2.75) is 12.5 Å². The molecule has 21 heavy (non-hydrogen) atoms. The van der Waals surface area contributed by atoms with Gasteiger partial charge in [0.15, 0.2) is 17.6 Å². The first-order chi connectivity index (χ1) is 10.3. The first-order valence-corrected chi connectivity index (χ1v) is 7.11. The fraction of sp³-hybridized carbons (Fsp3) is 0.400. The number of carbonyl (C=O) groups is 2. The van der Waals surface area contributed by atoms with Crippen molar-refractivity contribution in [3.63, 3.8) is 0 Å². The second kappa shape index (κ2) is 4.66. The highest BCUT2D eigenvalue weighted by Crippen LogP contribution is 2.28. The van der Waals surface area contributed by atoms with Crippen LogP contribution in [-0.2, 0) is 0 Å². The van der Waals surface area contributed by atoms with E-state index >= 15 is 0 Å². The van der Waals surface area contributed by atoms with Crippen molar-refractivity contribution in [3.05, 3.63) is 29.8 Å². The fourth-order valence-corrected chi connectivity index (χ4v) is 3.42. The minimum absolute atomic E-state index is 0.184. The number of aldehydes is 1. The molecule has 2 aromatic rings. The largest absolute Gasteiger partial charge is 0.461 e. The molecule has 0 saturated carbocycles. The summed E-state index contributed by atoms with van der Waals surface area (Å²) in [4.78, 5) is 29.9. The van der Waals surface area contributed by atoms with Gasteiger partial charge in [0, 0.05) is 30.7 Å². The summed E-state index contributed by atoms with van der Waals surface area (Å²) in [5, 5.41) is 3.68. The van der Waals surface area contributed by atoms with Gasteiger partial charge < -0.3 is 14.6 Å². The summed E-state index contributed by atoms with van der Waals surface area (Å²) in [6, 6.07) is 1.87. The van der Waals surface area contributed by atoms with Gasteiger partial charge in [-0.3, -0.25) is 9.59 Å². The number of hydrogen-bond donors (Lipinski definition) is 1. The van der Waals surface area contributed by atoms with E-state index in [9.17, 15) is 9.59 Å². The number of piperidine rings is 1. The maximum Gasteiger partial charge on any atom is 0.274 e. The molecule has 2 saturated heterocycles. The maximum atomic E-state index is 12.4. The number of furan rings is 1. The van der Waals surface area contributed by atoms with E-state index in [0.29, 0.717) is 22.5 Å². The molecular weight excluding hydrogens is 270 g/mol. The Balaban J connectivity index is 1.62.